The second-order valence-electron chi connectivity index (χ2n) is 5.83. The standard InChI is InChI=1S/C18H20N2O2S2/c1-11-10-14(17(21)22-2)16(24-11)20-18(23)19-15-9-5-7-12-6-3-4-8-13(12)15/h3-4,6,8,10,15H,5,7,9H2,1-2H3,(H2,19,20,23)/t15-/m1/s1. The molecule has 0 bridgehead atoms. The number of carbonyl (C=O) groups excluding carboxylic acids is 1. The first-order valence-electron chi connectivity index (χ1n) is 7.92. The van der Waals surface area contributed by atoms with Crippen molar-refractivity contribution in [3.8, 4) is 0 Å². The van der Waals surface area contributed by atoms with Crippen LogP contribution in [0.1, 0.15) is 45.2 Å². The van der Waals surface area contributed by atoms with Gasteiger partial charge in [0, 0.05) is 4.88 Å². The summed E-state index contributed by atoms with van der Waals surface area (Å²) in [5.41, 5.74) is 3.21. The normalized spacial score (nSPS) is 16.2. The topological polar surface area (TPSA) is 50.4 Å². The highest BCUT2D eigenvalue weighted by Gasteiger charge is 2.21. The summed E-state index contributed by atoms with van der Waals surface area (Å²) in [4.78, 5) is 12.9. The Morgan fingerprint density at radius 2 is 2.17 bits per heavy atom. The highest BCUT2D eigenvalue weighted by Crippen LogP contribution is 2.31. The van der Waals surface area contributed by atoms with Gasteiger partial charge in [-0.3, -0.25) is 0 Å². The fourth-order valence-electron chi connectivity index (χ4n) is 3.07. The molecule has 3 rings (SSSR count). The Morgan fingerprint density at radius 3 is 2.96 bits per heavy atom. The zero-order chi connectivity index (χ0) is 17.1. The lowest BCUT2D eigenvalue weighted by molar-refractivity contribution is 0.0602. The summed E-state index contributed by atoms with van der Waals surface area (Å²) >= 11 is 6.96. The summed E-state index contributed by atoms with van der Waals surface area (Å²) in [5, 5.41) is 7.81. The van der Waals surface area contributed by atoms with E-state index in [1.807, 2.05) is 13.0 Å². The maximum Gasteiger partial charge on any atom is 0.340 e. The molecule has 2 aromatic rings. The van der Waals surface area contributed by atoms with Crippen molar-refractivity contribution in [2.24, 2.45) is 0 Å². The number of hydrogen-bond acceptors (Lipinski definition) is 4. The molecule has 0 amide bonds. The van der Waals surface area contributed by atoms with Crippen molar-refractivity contribution in [1.29, 1.82) is 0 Å². The minimum atomic E-state index is -0.354. The smallest absolute Gasteiger partial charge is 0.340 e. The molecule has 0 fully saturated rings. The van der Waals surface area contributed by atoms with E-state index >= 15 is 0 Å². The quantitative estimate of drug-likeness (QED) is 0.634. The van der Waals surface area contributed by atoms with Crippen LogP contribution in [0.4, 0.5) is 5.00 Å². The third-order valence-corrected chi connectivity index (χ3v) is 5.35. The largest absolute Gasteiger partial charge is 0.465 e. The number of fused-ring (bicyclic) bond motifs is 1. The Balaban J connectivity index is 1.72. The van der Waals surface area contributed by atoms with E-state index in [1.54, 1.807) is 0 Å². The van der Waals surface area contributed by atoms with Crippen molar-refractivity contribution >= 4 is 39.6 Å². The molecule has 1 atom stereocenters. The fourth-order valence-corrected chi connectivity index (χ4v) is 4.28. The molecule has 0 spiro atoms. The minimum Gasteiger partial charge on any atom is -0.465 e. The van der Waals surface area contributed by atoms with Crippen molar-refractivity contribution in [2.45, 2.75) is 32.2 Å². The zero-order valence-corrected chi connectivity index (χ0v) is 15.4. The summed E-state index contributed by atoms with van der Waals surface area (Å²) in [6, 6.07) is 10.5. The van der Waals surface area contributed by atoms with Gasteiger partial charge in [0.25, 0.3) is 0 Å². The molecule has 2 N–H and O–H groups in total. The molecular formula is C18H20N2O2S2. The highest BCUT2D eigenvalue weighted by molar-refractivity contribution is 7.80. The van der Waals surface area contributed by atoms with Crippen molar-refractivity contribution in [1.82, 2.24) is 5.32 Å². The maximum atomic E-state index is 11.9. The first-order valence-corrected chi connectivity index (χ1v) is 9.15. The Kier molecular flexibility index (Phi) is 5.16. The third kappa shape index (κ3) is 3.60. The van der Waals surface area contributed by atoms with Gasteiger partial charge < -0.3 is 15.4 Å². The van der Waals surface area contributed by atoms with Gasteiger partial charge in [-0.15, -0.1) is 11.3 Å². The van der Waals surface area contributed by atoms with E-state index in [4.69, 9.17) is 17.0 Å². The molecule has 0 radical (unpaired) electrons. The Labute approximate surface area is 151 Å². The number of hydrogen-bond donors (Lipinski definition) is 2. The Morgan fingerprint density at radius 1 is 1.38 bits per heavy atom. The second-order valence-corrected chi connectivity index (χ2v) is 7.50. The number of anilines is 1. The molecule has 1 aliphatic rings. The number of esters is 1. The Hall–Kier alpha value is -1.92. The molecular weight excluding hydrogens is 340 g/mol. The van der Waals surface area contributed by atoms with Gasteiger partial charge in [-0.05, 0) is 55.6 Å². The predicted molar refractivity (Wildman–Crippen MR) is 102 cm³/mol. The molecule has 6 heteroatoms. The molecule has 1 aromatic carbocycles. The van der Waals surface area contributed by atoms with Gasteiger partial charge in [-0.1, -0.05) is 24.3 Å². The van der Waals surface area contributed by atoms with Gasteiger partial charge in [-0.2, -0.15) is 0 Å². The molecule has 4 nitrogen and oxygen atoms in total. The van der Waals surface area contributed by atoms with Crippen LogP contribution in [0.2, 0.25) is 0 Å². The average Bonchev–Trinajstić information content (AvgIpc) is 2.94. The maximum absolute atomic E-state index is 11.9. The third-order valence-electron chi connectivity index (χ3n) is 4.16. The number of nitrogens with one attached hydrogen (secondary N) is 2. The number of methoxy groups -OCH3 is 1. The fraction of sp³-hybridized carbons (Fsp3) is 0.333. The molecule has 0 saturated carbocycles. The first kappa shape index (κ1) is 16.9. The lowest BCUT2D eigenvalue weighted by atomic mass is 9.88. The van der Waals surface area contributed by atoms with Crippen LogP contribution in [-0.2, 0) is 11.2 Å². The number of carbonyl (C=O) groups is 1. The summed E-state index contributed by atoms with van der Waals surface area (Å²) < 4.78 is 4.83. The van der Waals surface area contributed by atoms with Crippen LogP contribution in [0.25, 0.3) is 0 Å². The van der Waals surface area contributed by atoms with Gasteiger partial charge in [-0.25, -0.2) is 4.79 Å². The minimum absolute atomic E-state index is 0.206. The second kappa shape index (κ2) is 7.32. The zero-order valence-electron chi connectivity index (χ0n) is 13.7. The van der Waals surface area contributed by atoms with Crippen LogP contribution < -0.4 is 10.6 Å². The SMILES string of the molecule is COC(=O)c1cc(C)sc1NC(=S)N[C@@H]1CCCc2ccccc21. The van der Waals surface area contributed by atoms with E-state index in [0.717, 1.165) is 29.1 Å². The van der Waals surface area contributed by atoms with Crippen molar-refractivity contribution < 1.29 is 9.53 Å². The summed E-state index contributed by atoms with van der Waals surface area (Å²) in [7, 11) is 1.38. The van der Waals surface area contributed by atoms with Crippen molar-refractivity contribution in [2.75, 3.05) is 12.4 Å². The number of rotatable bonds is 3. The lowest BCUT2D eigenvalue weighted by Gasteiger charge is -2.27. The van der Waals surface area contributed by atoms with Crippen LogP contribution in [0, 0.1) is 6.92 Å². The van der Waals surface area contributed by atoms with Crippen LogP contribution >= 0.6 is 23.6 Å². The van der Waals surface area contributed by atoms with E-state index in [1.165, 1.54) is 29.6 Å². The van der Waals surface area contributed by atoms with Crippen LogP contribution in [0.3, 0.4) is 0 Å². The summed E-state index contributed by atoms with van der Waals surface area (Å²) in [5.74, 6) is -0.354. The van der Waals surface area contributed by atoms with Crippen LogP contribution in [0.5, 0.6) is 0 Å². The summed E-state index contributed by atoms with van der Waals surface area (Å²) in [6.07, 6.45) is 3.31. The van der Waals surface area contributed by atoms with E-state index in [0.29, 0.717) is 10.7 Å². The predicted octanol–water partition coefficient (Wildman–Crippen LogP) is 4.21. The molecule has 1 heterocycles. The van der Waals surface area contributed by atoms with Crippen LogP contribution in [-0.4, -0.2) is 18.2 Å². The molecule has 0 saturated heterocycles. The molecule has 24 heavy (non-hydrogen) atoms. The number of aryl methyl sites for hydroxylation is 2. The average molecular weight is 361 g/mol. The summed E-state index contributed by atoms with van der Waals surface area (Å²) in [6.45, 7) is 1.95. The van der Waals surface area contributed by atoms with Gasteiger partial charge >= 0.3 is 5.97 Å². The van der Waals surface area contributed by atoms with E-state index < -0.39 is 0 Å². The molecule has 1 aromatic heterocycles. The number of benzene rings is 1. The number of thiophene rings is 1. The molecule has 1 aliphatic carbocycles. The lowest BCUT2D eigenvalue weighted by Crippen LogP contribution is -2.34. The first-order chi connectivity index (χ1) is 11.6. The van der Waals surface area contributed by atoms with Gasteiger partial charge in [0.05, 0.1) is 18.7 Å². The van der Waals surface area contributed by atoms with Crippen molar-refractivity contribution in [3.05, 3.63) is 51.9 Å². The van der Waals surface area contributed by atoms with Crippen LogP contribution in [0.15, 0.2) is 30.3 Å². The van der Waals surface area contributed by atoms with E-state index in [9.17, 15) is 4.79 Å². The van der Waals surface area contributed by atoms with E-state index in [-0.39, 0.29) is 12.0 Å². The number of ether oxygens (including phenoxy) is 1. The monoisotopic (exact) mass is 360 g/mol. The highest BCUT2D eigenvalue weighted by atomic mass is 32.1. The Bertz CT molecular complexity index is 770. The number of thiocarbonyl (C=S) groups is 1. The molecule has 126 valence electrons. The van der Waals surface area contributed by atoms with E-state index in [2.05, 4.69) is 34.9 Å². The molecule has 0 unspecified atom stereocenters. The van der Waals surface area contributed by atoms with Gasteiger partial charge in [0.1, 0.15) is 5.00 Å². The van der Waals surface area contributed by atoms with Gasteiger partial charge in [0.2, 0.25) is 0 Å². The van der Waals surface area contributed by atoms with Gasteiger partial charge in [0.15, 0.2) is 5.11 Å². The van der Waals surface area contributed by atoms with Crippen molar-refractivity contribution in [3.63, 3.8) is 0 Å². The molecule has 0 aliphatic heterocycles.